The molecule has 13 nitrogen and oxygen atoms in total. The van der Waals surface area contributed by atoms with E-state index in [0.29, 0.717) is 50.5 Å². The van der Waals surface area contributed by atoms with Crippen LogP contribution in [0.5, 0.6) is 0 Å². The Morgan fingerprint density at radius 1 is 1.08 bits per heavy atom. The lowest BCUT2D eigenvalue weighted by atomic mass is 9.78. The number of piperidine rings is 2. The molecule has 0 saturated carbocycles. The van der Waals surface area contributed by atoms with Crippen molar-refractivity contribution in [2.45, 2.75) is 82.6 Å². The summed E-state index contributed by atoms with van der Waals surface area (Å²) >= 11 is 0. The SMILES string of the molecule is C=C(C[C@@]1(OC)[C@@H](C)C(N2CCC(N3CCN(c4ccc(C(=O)NC5CCC(=O)NC5=O)nc4)CC3)C(F)(F)C2)C/C(C)=C(/C)C(=O)N1C)OC. The molecule has 15 heteroatoms. The minimum atomic E-state index is -2.98. The highest BCUT2D eigenvalue weighted by molar-refractivity contribution is 6.03. The molecule has 0 aliphatic carbocycles. The van der Waals surface area contributed by atoms with E-state index in [9.17, 15) is 19.2 Å². The van der Waals surface area contributed by atoms with Crippen molar-refractivity contribution >= 4 is 29.3 Å². The number of rotatable bonds is 9. The fourth-order valence-electron chi connectivity index (χ4n) is 8.08. The Balaban J connectivity index is 1.22. The maximum Gasteiger partial charge on any atom is 0.275 e. The molecule has 0 bridgehead atoms. The largest absolute Gasteiger partial charge is 0.502 e. The van der Waals surface area contributed by atoms with Crippen LogP contribution >= 0.6 is 0 Å². The van der Waals surface area contributed by atoms with Crippen LogP contribution in [0, 0.1) is 5.92 Å². The van der Waals surface area contributed by atoms with E-state index in [1.165, 1.54) is 7.11 Å². The Kier molecular flexibility index (Phi) is 11.5. The lowest BCUT2D eigenvalue weighted by molar-refractivity contribution is -0.197. The third-order valence-electron chi connectivity index (χ3n) is 11.4. The average Bonchev–Trinajstić information content (AvgIpc) is 3.12. The van der Waals surface area contributed by atoms with Crippen molar-refractivity contribution in [1.29, 1.82) is 0 Å². The van der Waals surface area contributed by atoms with Gasteiger partial charge in [-0.15, -0.1) is 0 Å². The highest BCUT2D eigenvalue weighted by atomic mass is 19.3. The van der Waals surface area contributed by atoms with Gasteiger partial charge in [0.05, 0.1) is 43.8 Å². The van der Waals surface area contributed by atoms with Gasteiger partial charge in [0.15, 0.2) is 5.72 Å². The molecule has 3 saturated heterocycles. The van der Waals surface area contributed by atoms with E-state index in [2.05, 4.69) is 27.1 Å². The third kappa shape index (κ3) is 7.80. The summed E-state index contributed by atoms with van der Waals surface area (Å²) in [6.07, 6.45) is 2.91. The lowest BCUT2D eigenvalue weighted by Crippen LogP contribution is -2.66. The first-order valence-electron chi connectivity index (χ1n) is 17.5. The van der Waals surface area contributed by atoms with Crippen LogP contribution in [0.25, 0.3) is 0 Å². The monoisotopic (exact) mass is 715 g/mol. The molecule has 5 rings (SSSR count). The number of ether oxygens (including phenoxy) is 2. The summed E-state index contributed by atoms with van der Waals surface area (Å²) in [6, 6.07) is 1.28. The molecular formula is C36H51F2N7O6. The van der Waals surface area contributed by atoms with Crippen LogP contribution in [0.1, 0.15) is 63.4 Å². The Morgan fingerprint density at radius 2 is 1.78 bits per heavy atom. The number of methoxy groups -OCH3 is 2. The average molecular weight is 716 g/mol. The summed E-state index contributed by atoms with van der Waals surface area (Å²) in [6.45, 7) is 11.6. The molecule has 2 N–H and O–H groups in total. The van der Waals surface area contributed by atoms with Crippen molar-refractivity contribution in [2.75, 3.05) is 65.4 Å². The molecule has 3 unspecified atom stereocenters. The van der Waals surface area contributed by atoms with Gasteiger partial charge in [0.2, 0.25) is 11.8 Å². The Bertz CT molecular complexity index is 1550. The van der Waals surface area contributed by atoms with Gasteiger partial charge in [0, 0.05) is 70.8 Å². The molecule has 5 heterocycles. The topological polar surface area (TPSA) is 137 Å². The number of hydrogen-bond donors (Lipinski definition) is 2. The van der Waals surface area contributed by atoms with Crippen LogP contribution in [0.4, 0.5) is 14.5 Å². The fraction of sp³-hybridized carbons (Fsp3) is 0.639. The van der Waals surface area contributed by atoms with Gasteiger partial charge in [-0.2, -0.15) is 0 Å². The van der Waals surface area contributed by atoms with Crippen LogP contribution in [-0.2, 0) is 23.9 Å². The second-order valence-corrected chi connectivity index (χ2v) is 14.2. The highest BCUT2D eigenvalue weighted by Gasteiger charge is 2.54. The number of aromatic nitrogens is 1. The van der Waals surface area contributed by atoms with Crippen LogP contribution in [-0.4, -0.2) is 134 Å². The number of alkyl halides is 2. The van der Waals surface area contributed by atoms with E-state index in [0.717, 1.165) is 11.3 Å². The number of nitrogens with one attached hydrogen (secondary N) is 2. The standard InChI is InChI=1S/C36H51F2N7O6/c1-22-18-29(25(4)36(51-7,19-23(2)50-6)42(5)34(49)24(22)3)45-13-12-30(35(37,38)21-45)44-16-14-43(15-17-44)26-8-9-27(39-20-26)32(47)40-28-10-11-31(46)41-33(28)48/h8-9,20,25,28-30H,2,10-19,21H2,1,3-7H3,(H,40,47)(H,41,46,48)/b24-22-/t25-,28?,29?,30?,36+/m0/s1. The molecular weight excluding hydrogens is 664 g/mol. The summed E-state index contributed by atoms with van der Waals surface area (Å²) in [4.78, 5) is 61.2. The normalized spacial score (nSPS) is 31.1. The van der Waals surface area contributed by atoms with Gasteiger partial charge in [-0.05, 0) is 45.2 Å². The van der Waals surface area contributed by atoms with Crippen LogP contribution in [0.15, 0.2) is 41.8 Å². The summed E-state index contributed by atoms with van der Waals surface area (Å²) in [7, 11) is 4.75. The predicted molar refractivity (Wildman–Crippen MR) is 186 cm³/mol. The molecule has 1 aromatic heterocycles. The number of hydrogen-bond acceptors (Lipinski definition) is 10. The van der Waals surface area contributed by atoms with Crippen LogP contribution in [0.2, 0.25) is 0 Å². The number of carbonyl (C=O) groups excluding carboxylic acids is 4. The smallest absolute Gasteiger partial charge is 0.275 e. The molecule has 0 radical (unpaired) electrons. The first-order chi connectivity index (χ1) is 24.1. The molecule has 1 aromatic rings. The number of nitrogens with zero attached hydrogens (tertiary/aromatic N) is 5. The number of amides is 4. The molecule has 0 aromatic carbocycles. The number of carbonyl (C=O) groups is 4. The summed E-state index contributed by atoms with van der Waals surface area (Å²) in [5.41, 5.74) is 1.21. The molecule has 5 atom stereocenters. The molecule has 0 spiro atoms. The Labute approximate surface area is 298 Å². The van der Waals surface area contributed by atoms with E-state index >= 15 is 8.78 Å². The zero-order valence-corrected chi connectivity index (χ0v) is 30.5. The number of pyridine rings is 1. The van der Waals surface area contributed by atoms with Gasteiger partial charge in [0.1, 0.15) is 11.7 Å². The predicted octanol–water partition coefficient (Wildman–Crippen LogP) is 2.54. The molecule has 280 valence electrons. The second kappa shape index (κ2) is 15.3. The van der Waals surface area contributed by atoms with Crippen molar-refractivity contribution in [3.8, 4) is 0 Å². The van der Waals surface area contributed by atoms with E-state index in [-0.39, 0.29) is 55.2 Å². The van der Waals surface area contributed by atoms with E-state index in [1.807, 2.05) is 23.6 Å². The summed E-state index contributed by atoms with van der Waals surface area (Å²) < 4.78 is 44.0. The fourth-order valence-corrected chi connectivity index (χ4v) is 8.08. The van der Waals surface area contributed by atoms with Crippen molar-refractivity contribution < 1.29 is 37.4 Å². The molecule has 51 heavy (non-hydrogen) atoms. The van der Waals surface area contributed by atoms with E-state index < -0.39 is 42.1 Å². The zero-order valence-electron chi connectivity index (χ0n) is 30.5. The molecule has 4 aliphatic heterocycles. The molecule has 4 amide bonds. The first-order valence-corrected chi connectivity index (χ1v) is 17.5. The number of likely N-dealkylation sites (tertiary alicyclic amines) is 1. The number of halogens is 2. The van der Waals surface area contributed by atoms with Gasteiger partial charge in [0.25, 0.3) is 17.7 Å². The van der Waals surface area contributed by atoms with Gasteiger partial charge in [-0.25, -0.2) is 13.8 Å². The minimum Gasteiger partial charge on any atom is -0.502 e. The lowest BCUT2D eigenvalue weighted by Gasteiger charge is -2.53. The van der Waals surface area contributed by atoms with Gasteiger partial charge in [-0.1, -0.05) is 19.1 Å². The van der Waals surface area contributed by atoms with Gasteiger partial charge >= 0.3 is 0 Å². The maximum absolute atomic E-state index is 16.2. The second-order valence-electron chi connectivity index (χ2n) is 14.2. The van der Waals surface area contributed by atoms with Crippen molar-refractivity contribution in [1.82, 2.24) is 30.3 Å². The number of anilines is 1. The van der Waals surface area contributed by atoms with Crippen molar-refractivity contribution in [2.24, 2.45) is 5.92 Å². The minimum absolute atomic E-state index is 0.137. The Morgan fingerprint density at radius 3 is 2.37 bits per heavy atom. The van der Waals surface area contributed by atoms with Crippen molar-refractivity contribution in [3.05, 3.63) is 47.5 Å². The quantitative estimate of drug-likeness (QED) is 0.290. The zero-order chi connectivity index (χ0) is 37.2. The number of piperazine rings is 1. The summed E-state index contributed by atoms with van der Waals surface area (Å²) in [5.74, 6) is -4.49. The van der Waals surface area contributed by atoms with E-state index in [4.69, 9.17) is 9.47 Å². The number of likely N-dealkylation sites (N-methyl/N-ethyl adjacent to an activating group) is 1. The number of imide groups is 1. The van der Waals surface area contributed by atoms with Gasteiger partial charge in [-0.3, -0.25) is 34.3 Å². The first kappa shape index (κ1) is 38.3. The third-order valence-corrected chi connectivity index (χ3v) is 11.4. The maximum atomic E-state index is 16.2. The molecule has 4 aliphatic rings. The Hall–Kier alpha value is -3.95. The van der Waals surface area contributed by atoms with Crippen molar-refractivity contribution in [3.63, 3.8) is 0 Å². The van der Waals surface area contributed by atoms with Crippen LogP contribution < -0.4 is 15.5 Å². The van der Waals surface area contributed by atoms with Gasteiger partial charge < -0.3 is 24.6 Å². The van der Waals surface area contributed by atoms with Crippen LogP contribution in [0.3, 0.4) is 0 Å². The highest BCUT2D eigenvalue weighted by Crippen LogP contribution is 2.43. The summed E-state index contributed by atoms with van der Waals surface area (Å²) in [5, 5.41) is 4.83. The molecule has 3 fully saturated rings. The van der Waals surface area contributed by atoms with E-state index in [1.54, 1.807) is 44.3 Å².